The van der Waals surface area contributed by atoms with Crippen LogP contribution in [0.25, 0.3) is 0 Å². The van der Waals surface area contributed by atoms with Gasteiger partial charge in [0.2, 0.25) is 0 Å². The lowest BCUT2D eigenvalue weighted by molar-refractivity contribution is 0.127. The summed E-state index contributed by atoms with van der Waals surface area (Å²) in [4.78, 5) is 2.61. The molecule has 1 rings (SSSR count). The third kappa shape index (κ3) is 2.48. The largest absolute Gasteiger partial charge is 0.330 e. The van der Waals surface area contributed by atoms with E-state index in [0.29, 0.717) is 11.0 Å². The predicted molar refractivity (Wildman–Crippen MR) is 62.3 cm³/mol. The lowest BCUT2D eigenvalue weighted by Gasteiger charge is -2.36. The van der Waals surface area contributed by atoms with Crippen molar-refractivity contribution in [3.8, 4) is 0 Å². The van der Waals surface area contributed by atoms with E-state index in [1.54, 1.807) is 0 Å². The van der Waals surface area contributed by atoms with Gasteiger partial charge in [0.25, 0.3) is 0 Å². The van der Waals surface area contributed by atoms with Crippen LogP contribution in [0.2, 0.25) is 0 Å². The summed E-state index contributed by atoms with van der Waals surface area (Å²) in [6.45, 7) is 12.5. The minimum atomic E-state index is 0.363. The van der Waals surface area contributed by atoms with Crippen molar-refractivity contribution in [2.45, 2.75) is 52.5 Å². The monoisotopic (exact) mass is 198 g/mol. The molecule has 0 saturated carbocycles. The number of hydrogen-bond donors (Lipinski definition) is 1. The zero-order chi connectivity index (χ0) is 10.8. The van der Waals surface area contributed by atoms with E-state index in [9.17, 15) is 0 Å². The molecule has 0 aliphatic carbocycles. The van der Waals surface area contributed by atoms with Crippen LogP contribution in [0, 0.1) is 5.41 Å². The SMILES string of the molecule is CCCC(C)(C)N1CCC(C)(CN)C1. The van der Waals surface area contributed by atoms with Crippen molar-refractivity contribution in [1.82, 2.24) is 4.90 Å². The fourth-order valence-electron chi connectivity index (χ4n) is 2.48. The molecule has 1 saturated heterocycles. The molecule has 0 aromatic carbocycles. The Kier molecular flexibility index (Phi) is 3.59. The third-order valence-electron chi connectivity index (χ3n) is 3.77. The van der Waals surface area contributed by atoms with Crippen molar-refractivity contribution in [3.05, 3.63) is 0 Å². The van der Waals surface area contributed by atoms with Gasteiger partial charge in [0.15, 0.2) is 0 Å². The van der Waals surface area contributed by atoms with Gasteiger partial charge < -0.3 is 5.73 Å². The van der Waals surface area contributed by atoms with Crippen molar-refractivity contribution in [3.63, 3.8) is 0 Å². The van der Waals surface area contributed by atoms with Gasteiger partial charge in [0.1, 0.15) is 0 Å². The van der Waals surface area contributed by atoms with Gasteiger partial charge in [-0.05, 0) is 45.2 Å². The first-order chi connectivity index (χ1) is 6.43. The van der Waals surface area contributed by atoms with E-state index >= 15 is 0 Å². The van der Waals surface area contributed by atoms with Crippen LogP contribution < -0.4 is 5.73 Å². The predicted octanol–water partition coefficient (Wildman–Crippen LogP) is 2.24. The van der Waals surface area contributed by atoms with Gasteiger partial charge in [-0.2, -0.15) is 0 Å². The Bertz CT molecular complexity index is 189. The van der Waals surface area contributed by atoms with Crippen LogP contribution >= 0.6 is 0 Å². The van der Waals surface area contributed by atoms with Crippen LogP contribution in [0.15, 0.2) is 0 Å². The van der Waals surface area contributed by atoms with E-state index in [-0.39, 0.29) is 0 Å². The molecule has 1 aliphatic rings. The van der Waals surface area contributed by atoms with Crippen molar-refractivity contribution in [2.75, 3.05) is 19.6 Å². The normalized spacial score (nSPS) is 29.8. The lowest BCUT2D eigenvalue weighted by atomic mass is 9.89. The summed E-state index contributed by atoms with van der Waals surface area (Å²) >= 11 is 0. The van der Waals surface area contributed by atoms with E-state index in [1.807, 2.05) is 0 Å². The molecule has 1 atom stereocenters. The summed E-state index contributed by atoms with van der Waals surface area (Å²) in [5.41, 5.74) is 6.55. The molecule has 2 N–H and O–H groups in total. The summed E-state index contributed by atoms with van der Waals surface area (Å²) in [6.07, 6.45) is 3.81. The van der Waals surface area contributed by atoms with Crippen molar-refractivity contribution in [1.29, 1.82) is 0 Å². The van der Waals surface area contributed by atoms with Crippen LogP contribution in [-0.4, -0.2) is 30.1 Å². The van der Waals surface area contributed by atoms with Crippen molar-refractivity contribution < 1.29 is 0 Å². The highest BCUT2D eigenvalue weighted by atomic mass is 15.2. The smallest absolute Gasteiger partial charge is 0.0153 e. The van der Waals surface area contributed by atoms with Crippen LogP contribution in [0.3, 0.4) is 0 Å². The number of nitrogens with zero attached hydrogens (tertiary/aromatic N) is 1. The molecule has 1 heterocycles. The molecule has 1 unspecified atom stereocenters. The summed E-state index contributed by atoms with van der Waals surface area (Å²) in [7, 11) is 0. The Morgan fingerprint density at radius 2 is 2.07 bits per heavy atom. The molecule has 0 spiro atoms. The summed E-state index contributed by atoms with van der Waals surface area (Å²) < 4.78 is 0. The molecular formula is C12H26N2. The van der Waals surface area contributed by atoms with Gasteiger partial charge in [-0.3, -0.25) is 4.90 Å². The number of nitrogens with two attached hydrogens (primary N) is 1. The van der Waals surface area contributed by atoms with E-state index < -0.39 is 0 Å². The fourth-order valence-corrected chi connectivity index (χ4v) is 2.48. The Balaban J connectivity index is 2.57. The molecule has 0 bridgehead atoms. The van der Waals surface area contributed by atoms with Crippen LogP contribution in [0.4, 0.5) is 0 Å². The second kappa shape index (κ2) is 4.19. The van der Waals surface area contributed by atoms with Crippen LogP contribution in [0.5, 0.6) is 0 Å². The van der Waals surface area contributed by atoms with Gasteiger partial charge in [0.05, 0.1) is 0 Å². The Labute approximate surface area is 88.8 Å². The fraction of sp³-hybridized carbons (Fsp3) is 1.00. The maximum absolute atomic E-state index is 5.82. The maximum Gasteiger partial charge on any atom is 0.0153 e. The van der Waals surface area contributed by atoms with Crippen molar-refractivity contribution in [2.24, 2.45) is 11.1 Å². The molecule has 2 nitrogen and oxygen atoms in total. The third-order valence-corrected chi connectivity index (χ3v) is 3.77. The van der Waals surface area contributed by atoms with E-state index in [0.717, 1.165) is 6.54 Å². The Hall–Kier alpha value is -0.0800. The topological polar surface area (TPSA) is 29.3 Å². The van der Waals surface area contributed by atoms with Gasteiger partial charge in [-0.1, -0.05) is 20.3 Å². The molecule has 2 heteroatoms. The number of rotatable bonds is 4. The first-order valence-electron chi connectivity index (χ1n) is 5.89. The maximum atomic E-state index is 5.82. The van der Waals surface area contributed by atoms with Gasteiger partial charge >= 0.3 is 0 Å². The van der Waals surface area contributed by atoms with E-state index in [1.165, 1.54) is 32.4 Å². The molecule has 1 fully saturated rings. The van der Waals surface area contributed by atoms with Crippen LogP contribution in [0.1, 0.15) is 47.0 Å². The Morgan fingerprint density at radius 1 is 1.43 bits per heavy atom. The molecule has 0 aromatic heterocycles. The molecule has 14 heavy (non-hydrogen) atoms. The minimum Gasteiger partial charge on any atom is -0.330 e. The quantitative estimate of drug-likeness (QED) is 0.750. The first-order valence-corrected chi connectivity index (χ1v) is 5.89. The summed E-state index contributed by atoms with van der Waals surface area (Å²) in [5.74, 6) is 0. The number of hydrogen-bond acceptors (Lipinski definition) is 2. The zero-order valence-electron chi connectivity index (χ0n) is 10.3. The second-order valence-corrected chi connectivity index (χ2v) is 5.75. The summed E-state index contributed by atoms with van der Waals surface area (Å²) in [6, 6.07) is 0. The van der Waals surface area contributed by atoms with Crippen LogP contribution in [-0.2, 0) is 0 Å². The average Bonchev–Trinajstić information content (AvgIpc) is 2.50. The molecular weight excluding hydrogens is 172 g/mol. The first kappa shape index (κ1) is 12.0. The molecule has 0 amide bonds. The van der Waals surface area contributed by atoms with Gasteiger partial charge in [-0.25, -0.2) is 0 Å². The highest BCUT2D eigenvalue weighted by molar-refractivity contribution is 4.93. The Morgan fingerprint density at radius 3 is 2.50 bits per heavy atom. The average molecular weight is 198 g/mol. The molecule has 1 aliphatic heterocycles. The second-order valence-electron chi connectivity index (χ2n) is 5.75. The summed E-state index contributed by atoms with van der Waals surface area (Å²) in [5, 5.41) is 0. The molecule has 84 valence electrons. The number of likely N-dealkylation sites (tertiary alicyclic amines) is 1. The minimum absolute atomic E-state index is 0.363. The van der Waals surface area contributed by atoms with E-state index in [4.69, 9.17) is 5.73 Å². The van der Waals surface area contributed by atoms with Gasteiger partial charge in [0, 0.05) is 12.1 Å². The van der Waals surface area contributed by atoms with Gasteiger partial charge in [-0.15, -0.1) is 0 Å². The zero-order valence-corrected chi connectivity index (χ0v) is 10.3. The highest BCUT2D eigenvalue weighted by Gasteiger charge is 2.38. The highest BCUT2D eigenvalue weighted by Crippen LogP contribution is 2.34. The lowest BCUT2D eigenvalue weighted by Crippen LogP contribution is -2.44. The molecule has 0 aromatic rings. The van der Waals surface area contributed by atoms with Crippen molar-refractivity contribution >= 4 is 0 Å². The molecule has 0 radical (unpaired) electrons. The standard InChI is InChI=1S/C12H26N2/c1-5-6-11(2,3)14-8-7-12(4,9-13)10-14/h5-10,13H2,1-4H3. The van der Waals surface area contributed by atoms with E-state index in [2.05, 4.69) is 32.6 Å².